The van der Waals surface area contributed by atoms with Crippen LogP contribution in [0.5, 0.6) is 5.88 Å². The molecule has 2 aromatic rings. The van der Waals surface area contributed by atoms with Crippen LogP contribution < -0.4 is 16.6 Å². The summed E-state index contributed by atoms with van der Waals surface area (Å²) in [5, 5.41) is 12.0. The number of thiophene rings is 1. The van der Waals surface area contributed by atoms with Gasteiger partial charge >= 0.3 is 5.97 Å². The monoisotopic (exact) mass is 412 g/mol. The SMILES string of the molecule is CCOC(=O)c1c(NC(=O)CSc2nc(O)cc(=O)[nH]2)sc(C(N)=O)c1C. The van der Waals surface area contributed by atoms with Gasteiger partial charge in [0.25, 0.3) is 11.5 Å². The predicted molar refractivity (Wildman–Crippen MR) is 99.4 cm³/mol. The summed E-state index contributed by atoms with van der Waals surface area (Å²) in [6.07, 6.45) is 0. The number of esters is 1. The van der Waals surface area contributed by atoms with Crippen LogP contribution in [0.2, 0.25) is 0 Å². The Hall–Kier alpha value is -2.86. The van der Waals surface area contributed by atoms with Crippen LogP contribution in [0.1, 0.15) is 32.5 Å². The van der Waals surface area contributed by atoms with E-state index in [-0.39, 0.29) is 33.0 Å². The fourth-order valence-corrected chi connectivity index (χ4v) is 3.81. The largest absolute Gasteiger partial charge is 0.493 e. The first-order valence-electron chi connectivity index (χ1n) is 7.56. The van der Waals surface area contributed by atoms with Gasteiger partial charge in [-0.15, -0.1) is 11.3 Å². The van der Waals surface area contributed by atoms with Gasteiger partial charge in [-0.1, -0.05) is 11.8 Å². The third kappa shape index (κ3) is 5.08. The lowest BCUT2D eigenvalue weighted by Gasteiger charge is -2.07. The van der Waals surface area contributed by atoms with E-state index >= 15 is 0 Å². The van der Waals surface area contributed by atoms with Gasteiger partial charge in [0.05, 0.1) is 28.9 Å². The average molecular weight is 412 g/mol. The molecule has 2 heterocycles. The van der Waals surface area contributed by atoms with E-state index in [0.717, 1.165) is 29.2 Å². The molecule has 0 radical (unpaired) electrons. The summed E-state index contributed by atoms with van der Waals surface area (Å²) >= 11 is 1.75. The highest BCUT2D eigenvalue weighted by Crippen LogP contribution is 2.33. The van der Waals surface area contributed by atoms with E-state index in [1.807, 2.05) is 0 Å². The Labute approximate surface area is 161 Å². The van der Waals surface area contributed by atoms with Crippen LogP contribution in [0, 0.1) is 6.92 Å². The molecule has 0 saturated carbocycles. The van der Waals surface area contributed by atoms with Crippen molar-refractivity contribution in [2.45, 2.75) is 19.0 Å². The van der Waals surface area contributed by atoms with Gasteiger partial charge in [0, 0.05) is 0 Å². The summed E-state index contributed by atoms with van der Waals surface area (Å²) in [7, 11) is 0. The highest BCUT2D eigenvalue weighted by atomic mass is 32.2. The Bertz CT molecular complexity index is 952. The smallest absolute Gasteiger partial charge is 0.341 e. The number of thioether (sulfide) groups is 1. The topological polar surface area (TPSA) is 164 Å². The van der Waals surface area contributed by atoms with Crippen molar-refractivity contribution in [1.82, 2.24) is 9.97 Å². The lowest BCUT2D eigenvalue weighted by molar-refractivity contribution is -0.113. The Balaban J connectivity index is 2.18. The molecule has 0 bridgehead atoms. The molecule has 0 aliphatic rings. The number of nitrogens with two attached hydrogens (primary N) is 1. The molecule has 0 saturated heterocycles. The normalized spacial score (nSPS) is 10.4. The second kappa shape index (κ2) is 8.68. The van der Waals surface area contributed by atoms with E-state index < -0.39 is 29.2 Å². The van der Waals surface area contributed by atoms with Gasteiger partial charge < -0.3 is 25.9 Å². The van der Waals surface area contributed by atoms with Crippen molar-refractivity contribution in [3.05, 3.63) is 32.4 Å². The number of rotatable bonds is 7. The van der Waals surface area contributed by atoms with E-state index in [1.165, 1.54) is 6.92 Å². The van der Waals surface area contributed by atoms with Crippen molar-refractivity contribution in [3.8, 4) is 5.88 Å². The fourth-order valence-electron chi connectivity index (χ4n) is 2.07. The van der Waals surface area contributed by atoms with Crippen LogP contribution in [-0.4, -0.2) is 45.2 Å². The molecular formula is C15H16N4O6S2. The van der Waals surface area contributed by atoms with Gasteiger partial charge in [-0.05, 0) is 19.4 Å². The lowest BCUT2D eigenvalue weighted by Crippen LogP contribution is -2.17. The Kier molecular flexibility index (Phi) is 6.58. The molecule has 144 valence electrons. The predicted octanol–water partition coefficient (Wildman–Crippen LogP) is 0.852. The Morgan fingerprint density at radius 2 is 2.15 bits per heavy atom. The Morgan fingerprint density at radius 3 is 2.74 bits per heavy atom. The maximum absolute atomic E-state index is 12.2. The summed E-state index contributed by atoms with van der Waals surface area (Å²) in [6, 6.07) is 0.898. The highest BCUT2D eigenvalue weighted by Gasteiger charge is 2.25. The number of hydrogen-bond acceptors (Lipinski definition) is 9. The second-order valence-electron chi connectivity index (χ2n) is 5.09. The highest BCUT2D eigenvalue weighted by molar-refractivity contribution is 7.99. The lowest BCUT2D eigenvalue weighted by atomic mass is 10.1. The van der Waals surface area contributed by atoms with Gasteiger partial charge in [0.15, 0.2) is 5.16 Å². The number of aromatic nitrogens is 2. The van der Waals surface area contributed by atoms with Crippen LogP contribution in [0.15, 0.2) is 16.0 Å². The van der Waals surface area contributed by atoms with Crippen LogP contribution in [-0.2, 0) is 9.53 Å². The number of ether oxygens (including phenoxy) is 1. The molecule has 12 heteroatoms. The molecule has 2 amide bonds. The van der Waals surface area contributed by atoms with Gasteiger partial charge in [-0.25, -0.2) is 4.79 Å². The first kappa shape index (κ1) is 20.5. The minimum absolute atomic E-state index is 0.0564. The number of anilines is 1. The molecule has 0 aliphatic heterocycles. The van der Waals surface area contributed by atoms with Crippen molar-refractivity contribution in [3.63, 3.8) is 0 Å². The van der Waals surface area contributed by atoms with Gasteiger partial charge in [0.1, 0.15) is 5.00 Å². The minimum Gasteiger partial charge on any atom is -0.493 e. The van der Waals surface area contributed by atoms with E-state index in [1.54, 1.807) is 6.92 Å². The van der Waals surface area contributed by atoms with Crippen LogP contribution in [0.25, 0.3) is 0 Å². The molecule has 27 heavy (non-hydrogen) atoms. The van der Waals surface area contributed by atoms with Crippen molar-refractivity contribution in [1.29, 1.82) is 0 Å². The number of primary amides is 1. The summed E-state index contributed by atoms with van der Waals surface area (Å²) in [6.45, 7) is 3.29. The molecule has 0 aliphatic carbocycles. The molecule has 10 nitrogen and oxygen atoms in total. The number of aromatic hydroxyl groups is 1. The molecule has 2 aromatic heterocycles. The molecule has 5 N–H and O–H groups in total. The van der Waals surface area contributed by atoms with Gasteiger partial charge in [-0.2, -0.15) is 4.98 Å². The summed E-state index contributed by atoms with van der Waals surface area (Å²) < 4.78 is 4.96. The second-order valence-corrected chi connectivity index (χ2v) is 7.08. The maximum atomic E-state index is 12.2. The fraction of sp³-hybridized carbons (Fsp3) is 0.267. The maximum Gasteiger partial charge on any atom is 0.341 e. The van der Waals surface area contributed by atoms with Crippen molar-refractivity contribution in [2.75, 3.05) is 17.7 Å². The van der Waals surface area contributed by atoms with E-state index in [4.69, 9.17) is 10.5 Å². The Morgan fingerprint density at radius 1 is 1.44 bits per heavy atom. The van der Waals surface area contributed by atoms with Crippen molar-refractivity contribution < 1.29 is 24.2 Å². The standard InChI is InChI=1S/C15H16N4O6S2/c1-3-25-14(24)10-6(2)11(12(16)23)27-13(10)17-9(22)5-26-15-18-7(20)4-8(21)19-15/h4H,3,5H2,1-2H3,(H2,16,23)(H,17,22)(H2,18,19,20,21). The van der Waals surface area contributed by atoms with Gasteiger partial charge in [0.2, 0.25) is 11.8 Å². The number of amides is 2. The summed E-state index contributed by atoms with van der Waals surface area (Å²) in [5.74, 6) is -2.56. The van der Waals surface area contributed by atoms with Crippen LogP contribution in [0.3, 0.4) is 0 Å². The van der Waals surface area contributed by atoms with E-state index in [0.29, 0.717) is 5.56 Å². The zero-order valence-electron chi connectivity index (χ0n) is 14.3. The van der Waals surface area contributed by atoms with Crippen molar-refractivity contribution in [2.24, 2.45) is 5.73 Å². The number of carbonyl (C=O) groups is 3. The zero-order chi connectivity index (χ0) is 20.1. The third-order valence-corrected chi connectivity index (χ3v) is 5.24. The molecule has 0 spiro atoms. The summed E-state index contributed by atoms with van der Waals surface area (Å²) in [4.78, 5) is 53.3. The average Bonchev–Trinajstić information content (AvgIpc) is 2.89. The first-order valence-corrected chi connectivity index (χ1v) is 9.36. The molecule has 2 rings (SSSR count). The van der Waals surface area contributed by atoms with Crippen LogP contribution in [0.4, 0.5) is 5.00 Å². The number of hydrogen-bond donors (Lipinski definition) is 4. The third-order valence-electron chi connectivity index (χ3n) is 3.15. The summed E-state index contributed by atoms with van der Waals surface area (Å²) in [5.41, 5.74) is 5.14. The molecular weight excluding hydrogens is 396 g/mol. The molecule has 0 unspecified atom stereocenters. The quantitative estimate of drug-likeness (QED) is 0.295. The number of aromatic amines is 1. The molecule has 0 atom stereocenters. The number of carbonyl (C=O) groups excluding carboxylic acids is 3. The molecule has 0 fully saturated rings. The van der Waals surface area contributed by atoms with E-state index in [9.17, 15) is 24.3 Å². The first-order chi connectivity index (χ1) is 12.7. The van der Waals surface area contributed by atoms with Crippen molar-refractivity contribution >= 4 is 45.9 Å². The van der Waals surface area contributed by atoms with Gasteiger partial charge in [-0.3, -0.25) is 14.4 Å². The minimum atomic E-state index is -0.723. The number of H-pyrrole nitrogens is 1. The molecule has 0 aromatic carbocycles. The zero-order valence-corrected chi connectivity index (χ0v) is 16.0. The van der Waals surface area contributed by atoms with E-state index in [2.05, 4.69) is 15.3 Å². The number of nitrogens with zero attached hydrogens (tertiary/aromatic N) is 1. The number of nitrogens with one attached hydrogen (secondary N) is 2. The van der Waals surface area contributed by atoms with Crippen LogP contribution >= 0.6 is 23.1 Å².